The number of primary amides is 2. The normalized spacial score (nSPS) is 13.1. The summed E-state index contributed by atoms with van der Waals surface area (Å²) in [5, 5.41) is 14.7. The van der Waals surface area contributed by atoms with Crippen molar-refractivity contribution in [2.75, 3.05) is 18.4 Å². The van der Waals surface area contributed by atoms with Crippen LogP contribution in [0.1, 0.15) is 69.4 Å². The number of anilines is 1. The number of rotatable bonds is 24. The van der Waals surface area contributed by atoms with Crippen molar-refractivity contribution >= 4 is 68.9 Å². The summed E-state index contributed by atoms with van der Waals surface area (Å²) in [5.41, 5.74) is 23.5. The molecule has 0 saturated carbocycles. The second kappa shape index (κ2) is 22.5. The first-order valence-corrected chi connectivity index (χ1v) is 19.8. The lowest BCUT2D eigenvalue weighted by Gasteiger charge is -2.26. The van der Waals surface area contributed by atoms with Gasteiger partial charge < -0.3 is 58.9 Å². The highest BCUT2D eigenvalue weighted by Crippen LogP contribution is 2.23. The molecular formula is C41H54N10O9. The van der Waals surface area contributed by atoms with Crippen molar-refractivity contribution in [3.05, 3.63) is 76.3 Å². The highest BCUT2D eigenvalue weighted by molar-refractivity contribution is 6.00. The second-order valence-electron chi connectivity index (χ2n) is 14.5. The zero-order chi connectivity index (χ0) is 43.8. The number of hydrogen-bond acceptors (Lipinski definition) is 11. The first-order chi connectivity index (χ1) is 28.7. The summed E-state index contributed by atoms with van der Waals surface area (Å²) in [7, 11) is 0. The number of unbranched alkanes of at least 4 members (excludes halogenated alkanes) is 2. The van der Waals surface area contributed by atoms with Crippen molar-refractivity contribution in [3.63, 3.8) is 0 Å². The molecule has 0 bridgehead atoms. The van der Waals surface area contributed by atoms with Crippen LogP contribution in [-0.2, 0) is 46.4 Å². The maximum Gasteiger partial charge on any atom is 0.336 e. The smallest absolute Gasteiger partial charge is 0.336 e. The van der Waals surface area contributed by atoms with Gasteiger partial charge in [0.15, 0.2) is 0 Å². The predicted octanol–water partition coefficient (Wildman–Crippen LogP) is -0.0341. The highest BCUT2D eigenvalue weighted by Gasteiger charge is 2.32. The first kappa shape index (κ1) is 46.1. The Morgan fingerprint density at radius 1 is 0.667 bits per heavy atom. The van der Waals surface area contributed by atoms with Gasteiger partial charge in [-0.05, 0) is 87.4 Å². The summed E-state index contributed by atoms with van der Waals surface area (Å²) in [6.07, 6.45) is 3.39. The van der Waals surface area contributed by atoms with Crippen LogP contribution < -0.4 is 55.1 Å². The number of aromatic amines is 1. The topological polar surface area (TPSA) is 330 Å². The fraction of sp³-hybridized carbons (Fsp3) is 0.415. The Hall–Kier alpha value is -6.60. The van der Waals surface area contributed by atoms with Crippen molar-refractivity contribution < 1.29 is 38.0 Å². The molecule has 0 saturated heterocycles. The first-order valence-electron chi connectivity index (χ1n) is 19.8. The third-order valence-corrected chi connectivity index (χ3v) is 9.73. The summed E-state index contributed by atoms with van der Waals surface area (Å²) in [6.45, 7) is 1.95. The summed E-state index contributed by atoms with van der Waals surface area (Å²) < 4.78 is 5.32. The third-order valence-electron chi connectivity index (χ3n) is 9.73. The van der Waals surface area contributed by atoms with Crippen LogP contribution in [0.25, 0.3) is 21.9 Å². The van der Waals surface area contributed by atoms with E-state index in [0.29, 0.717) is 55.3 Å². The Labute approximate surface area is 345 Å². The molecule has 0 radical (unpaired) electrons. The van der Waals surface area contributed by atoms with Crippen molar-refractivity contribution in [2.24, 2.45) is 22.9 Å². The minimum absolute atomic E-state index is 0.0554. The molecule has 2 aromatic carbocycles. The summed E-state index contributed by atoms with van der Waals surface area (Å²) >= 11 is 0. The molecule has 0 aliphatic heterocycles. The van der Waals surface area contributed by atoms with Crippen LogP contribution in [0.15, 0.2) is 63.9 Å². The lowest BCUT2D eigenvalue weighted by Crippen LogP contribution is -2.58. The fourth-order valence-electron chi connectivity index (χ4n) is 6.74. The van der Waals surface area contributed by atoms with Crippen LogP contribution in [0.4, 0.5) is 5.69 Å². The minimum atomic E-state index is -1.35. The number of H-pyrrole nitrogens is 1. The van der Waals surface area contributed by atoms with E-state index in [1.54, 1.807) is 18.3 Å². The standard InChI is InChI=1S/C41H54N10O9/c1-23(52)47-30(10-4-6-16-42)39(57)50-32(14-15-35(44)53)40(58)51-33(18-25-22-46-29-9-3-2-8-27(25)29)41(59)49-31(11-5-7-17-43)38(56)48-26-12-13-28-24(19-36(45)54)20-37(55)60-34(28)21-26/h2-3,8-9,12-13,20-22,30-33,46H,4-7,10-11,14-19,42-43H2,1H3,(H2,44,53)(H2,45,54)(H,47,52)(H,48,56)(H,49,59)(H,50,57)(H,51,58)/t30-,31-,32-,33-/m0/s1. The SMILES string of the molecule is CC(=O)N[C@@H](CCCCN)C(=O)N[C@@H](CCC(N)=O)C(=O)N[C@@H](Cc1c[nH]c2ccccc12)C(=O)N[C@@H](CCCCN)C(=O)Nc1ccc2c(CC(N)=O)cc(=O)oc2c1. The monoisotopic (exact) mass is 830 g/mol. The molecular weight excluding hydrogens is 777 g/mol. The number of aromatic nitrogens is 1. The molecule has 19 nitrogen and oxygen atoms in total. The van der Waals surface area contributed by atoms with Crippen LogP contribution in [-0.4, -0.2) is 83.6 Å². The van der Waals surface area contributed by atoms with Gasteiger partial charge in [0.05, 0.1) is 6.42 Å². The van der Waals surface area contributed by atoms with Gasteiger partial charge in [0.2, 0.25) is 41.4 Å². The number of para-hydroxylation sites is 1. The lowest BCUT2D eigenvalue weighted by molar-refractivity contribution is -0.134. The van der Waals surface area contributed by atoms with Crippen LogP contribution in [0.2, 0.25) is 0 Å². The van der Waals surface area contributed by atoms with Crippen LogP contribution in [0.3, 0.4) is 0 Å². The molecule has 2 aromatic heterocycles. The number of nitrogens with one attached hydrogen (secondary N) is 6. The number of carbonyl (C=O) groups excluding carboxylic acids is 7. The Morgan fingerprint density at radius 3 is 1.88 bits per heavy atom. The molecule has 60 heavy (non-hydrogen) atoms. The molecule has 0 unspecified atom stereocenters. The van der Waals surface area contributed by atoms with Gasteiger partial charge in [-0.25, -0.2) is 4.79 Å². The van der Waals surface area contributed by atoms with E-state index in [1.165, 1.54) is 19.1 Å². The Morgan fingerprint density at radius 2 is 1.27 bits per heavy atom. The van der Waals surface area contributed by atoms with E-state index in [4.69, 9.17) is 27.4 Å². The van der Waals surface area contributed by atoms with E-state index in [0.717, 1.165) is 10.9 Å². The molecule has 322 valence electrons. The average molecular weight is 831 g/mol. The third kappa shape index (κ3) is 13.8. The molecule has 0 aliphatic rings. The molecule has 0 spiro atoms. The summed E-state index contributed by atoms with van der Waals surface area (Å²) in [5.74, 6) is -4.71. The molecule has 19 heteroatoms. The van der Waals surface area contributed by atoms with Crippen molar-refractivity contribution in [3.8, 4) is 0 Å². The number of carbonyl (C=O) groups is 7. The molecule has 7 amide bonds. The van der Waals surface area contributed by atoms with Gasteiger partial charge >= 0.3 is 5.63 Å². The Bertz CT molecular complexity index is 2240. The lowest BCUT2D eigenvalue weighted by atomic mass is 10.0. The quantitative estimate of drug-likeness (QED) is 0.0330. The molecule has 4 atom stereocenters. The van der Waals surface area contributed by atoms with E-state index in [-0.39, 0.29) is 49.8 Å². The van der Waals surface area contributed by atoms with Crippen molar-refractivity contribution in [1.82, 2.24) is 26.3 Å². The van der Waals surface area contributed by atoms with Gasteiger partial charge in [0, 0.05) is 60.1 Å². The van der Waals surface area contributed by atoms with E-state index in [9.17, 15) is 38.4 Å². The van der Waals surface area contributed by atoms with Gasteiger partial charge in [-0.2, -0.15) is 0 Å². The number of amides is 7. The Balaban J connectivity index is 1.63. The van der Waals surface area contributed by atoms with Gasteiger partial charge in [-0.1, -0.05) is 18.2 Å². The minimum Gasteiger partial charge on any atom is -0.423 e. The van der Waals surface area contributed by atoms with E-state index in [2.05, 4.69) is 31.6 Å². The van der Waals surface area contributed by atoms with Crippen LogP contribution in [0, 0.1) is 0 Å². The zero-order valence-corrected chi connectivity index (χ0v) is 33.5. The number of hydrogen-bond donors (Lipinski definition) is 10. The van der Waals surface area contributed by atoms with Crippen LogP contribution in [0.5, 0.6) is 0 Å². The number of nitrogens with two attached hydrogens (primary N) is 4. The molecule has 0 aliphatic carbocycles. The molecule has 2 heterocycles. The number of benzene rings is 2. The highest BCUT2D eigenvalue weighted by atomic mass is 16.4. The maximum atomic E-state index is 14.3. The van der Waals surface area contributed by atoms with Crippen molar-refractivity contribution in [1.29, 1.82) is 0 Å². The molecule has 4 aromatic rings. The molecule has 14 N–H and O–H groups in total. The fourth-order valence-corrected chi connectivity index (χ4v) is 6.74. The van der Waals surface area contributed by atoms with E-state index < -0.39 is 71.1 Å². The number of fused-ring (bicyclic) bond motifs is 2. The summed E-state index contributed by atoms with van der Waals surface area (Å²) in [4.78, 5) is 107. The average Bonchev–Trinajstić information content (AvgIpc) is 3.60. The Kier molecular flexibility index (Phi) is 17.3. The second-order valence-corrected chi connectivity index (χ2v) is 14.5. The van der Waals surface area contributed by atoms with E-state index in [1.807, 2.05) is 24.3 Å². The summed E-state index contributed by atoms with van der Waals surface area (Å²) in [6, 6.07) is 8.19. The van der Waals surface area contributed by atoms with E-state index >= 15 is 0 Å². The zero-order valence-electron chi connectivity index (χ0n) is 33.5. The molecule has 4 rings (SSSR count). The predicted molar refractivity (Wildman–Crippen MR) is 224 cm³/mol. The molecule has 0 fully saturated rings. The van der Waals surface area contributed by atoms with Crippen LogP contribution >= 0.6 is 0 Å². The van der Waals surface area contributed by atoms with Gasteiger partial charge in [0.1, 0.15) is 29.8 Å². The largest absolute Gasteiger partial charge is 0.423 e. The maximum absolute atomic E-state index is 14.3. The van der Waals surface area contributed by atoms with Gasteiger partial charge in [0.25, 0.3) is 0 Å². The van der Waals surface area contributed by atoms with Gasteiger partial charge in [-0.3, -0.25) is 33.6 Å². The van der Waals surface area contributed by atoms with Crippen molar-refractivity contribution in [2.45, 2.75) is 95.3 Å². The van der Waals surface area contributed by atoms with Gasteiger partial charge in [-0.15, -0.1) is 0 Å².